The summed E-state index contributed by atoms with van der Waals surface area (Å²) in [5, 5.41) is 2.46. The lowest BCUT2D eigenvalue weighted by molar-refractivity contribution is 0.1000. The highest BCUT2D eigenvalue weighted by atomic mass is 16.1. The zero-order valence-electron chi connectivity index (χ0n) is 20.7. The van der Waals surface area contributed by atoms with Crippen LogP contribution in [0.3, 0.4) is 0 Å². The molecule has 4 nitrogen and oxygen atoms in total. The second kappa shape index (κ2) is 10.8. The number of rotatable bonds is 5. The molecule has 0 aromatic heterocycles. The number of piperazine rings is 1. The van der Waals surface area contributed by atoms with E-state index >= 15 is 0 Å². The Labute approximate surface area is 213 Å². The van der Waals surface area contributed by atoms with E-state index in [1.54, 1.807) is 6.07 Å². The fraction of sp³-hybridized carbons (Fsp3) is 0.219. The Bertz CT molecular complexity index is 1430. The molecule has 4 heteroatoms. The first-order valence-electron chi connectivity index (χ1n) is 12.5. The van der Waals surface area contributed by atoms with Crippen LogP contribution >= 0.6 is 0 Å². The van der Waals surface area contributed by atoms with Gasteiger partial charge in [-0.15, -0.1) is 0 Å². The number of carbonyl (C=O) groups excluding carboxylic acids is 1. The van der Waals surface area contributed by atoms with Crippen molar-refractivity contribution in [3.05, 3.63) is 119 Å². The lowest BCUT2D eigenvalue weighted by atomic mass is 9.99. The maximum Gasteiger partial charge on any atom is 0.248 e. The van der Waals surface area contributed by atoms with Gasteiger partial charge in [0.05, 0.1) is 6.04 Å². The van der Waals surface area contributed by atoms with E-state index in [4.69, 9.17) is 5.73 Å². The third-order valence-electron chi connectivity index (χ3n) is 6.96. The van der Waals surface area contributed by atoms with Crippen molar-refractivity contribution in [2.24, 2.45) is 5.73 Å². The molecular weight excluding hydrogens is 442 g/mol. The van der Waals surface area contributed by atoms with Crippen LogP contribution in [-0.4, -0.2) is 41.9 Å². The average molecular weight is 474 g/mol. The molecule has 1 fully saturated rings. The predicted molar refractivity (Wildman–Crippen MR) is 147 cm³/mol. The van der Waals surface area contributed by atoms with Gasteiger partial charge in [-0.25, -0.2) is 0 Å². The normalized spacial score (nSPS) is 15.2. The van der Waals surface area contributed by atoms with Crippen LogP contribution in [0, 0.1) is 18.8 Å². The minimum atomic E-state index is -0.417. The molecule has 36 heavy (non-hydrogen) atoms. The van der Waals surface area contributed by atoms with Gasteiger partial charge < -0.3 is 5.73 Å². The Morgan fingerprint density at radius 3 is 2.31 bits per heavy atom. The smallest absolute Gasteiger partial charge is 0.248 e. The number of aryl methyl sites for hydroxylation is 1. The number of nitrogens with zero attached hydrogens (tertiary/aromatic N) is 2. The van der Waals surface area contributed by atoms with E-state index in [-0.39, 0.29) is 6.04 Å². The van der Waals surface area contributed by atoms with Crippen LogP contribution in [0.1, 0.15) is 38.7 Å². The Morgan fingerprint density at radius 1 is 0.861 bits per heavy atom. The van der Waals surface area contributed by atoms with E-state index in [1.165, 1.54) is 21.9 Å². The molecule has 1 aliphatic heterocycles. The number of benzene rings is 4. The number of carbonyl (C=O) groups is 1. The second-order valence-electron chi connectivity index (χ2n) is 9.47. The summed E-state index contributed by atoms with van der Waals surface area (Å²) in [6.07, 6.45) is 0. The molecule has 0 radical (unpaired) electrons. The van der Waals surface area contributed by atoms with Gasteiger partial charge in [0.25, 0.3) is 0 Å². The van der Waals surface area contributed by atoms with E-state index in [0.717, 1.165) is 43.9 Å². The quantitative estimate of drug-likeness (QED) is 0.408. The first-order chi connectivity index (χ1) is 17.6. The number of fused-ring (bicyclic) bond motifs is 1. The maximum atomic E-state index is 11.5. The SMILES string of the molecule is Cc1cc(C(N)=O)ccc1C#CC(c1ccc2ccccc2c1)N1CCN(Cc2ccccc2)CC1. The third-order valence-corrected chi connectivity index (χ3v) is 6.96. The third kappa shape index (κ3) is 5.49. The highest BCUT2D eigenvalue weighted by molar-refractivity contribution is 5.93. The van der Waals surface area contributed by atoms with Crippen molar-refractivity contribution in [3.8, 4) is 11.8 Å². The monoisotopic (exact) mass is 473 g/mol. The Balaban J connectivity index is 1.41. The Kier molecular flexibility index (Phi) is 7.13. The number of hydrogen-bond acceptors (Lipinski definition) is 3. The summed E-state index contributed by atoms with van der Waals surface area (Å²) >= 11 is 0. The molecule has 1 saturated heterocycles. The highest BCUT2D eigenvalue weighted by Gasteiger charge is 2.24. The van der Waals surface area contributed by atoms with Crippen molar-refractivity contribution in [2.75, 3.05) is 26.2 Å². The fourth-order valence-electron chi connectivity index (χ4n) is 4.89. The molecule has 0 aliphatic carbocycles. The lowest BCUT2D eigenvalue weighted by Crippen LogP contribution is -2.47. The van der Waals surface area contributed by atoms with Gasteiger partial charge in [0.1, 0.15) is 0 Å². The highest BCUT2D eigenvalue weighted by Crippen LogP contribution is 2.26. The summed E-state index contributed by atoms with van der Waals surface area (Å²) in [5.41, 5.74) is 10.4. The molecule has 1 heterocycles. The molecule has 4 aromatic rings. The molecule has 0 spiro atoms. The standard InChI is InChI=1S/C32H31N3O/c1-24-21-30(32(33)36)14-11-26(24)15-16-31(29-13-12-27-9-5-6-10-28(27)22-29)35-19-17-34(18-20-35)23-25-7-3-2-4-8-25/h2-14,21-22,31H,17-20,23H2,1H3,(H2,33,36). The first kappa shape index (κ1) is 23.8. The maximum absolute atomic E-state index is 11.5. The van der Waals surface area contributed by atoms with Gasteiger partial charge in [-0.1, -0.05) is 78.6 Å². The number of nitrogens with two attached hydrogens (primary N) is 1. The number of hydrogen-bond donors (Lipinski definition) is 1. The van der Waals surface area contributed by atoms with Gasteiger partial charge in [-0.3, -0.25) is 14.6 Å². The molecule has 1 atom stereocenters. The topological polar surface area (TPSA) is 49.6 Å². The van der Waals surface area contributed by atoms with Crippen LogP contribution in [0.15, 0.2) is 91.0 Å². The van der Waals surface area contributed by atoms with Gasteiger partial charge in [0.2, 0.25) is 5.91 Å². The summed E-state index contributed by atoms with van der Waals surface area (Å²) in [7, 11) is 0. The van der Waals surface area contributed by atoms with E-state index in [2.05, 4.69) is 94.4 Å². The van der Waals surface area contributed by atoms with Crippen molar-refractivity contribution in [3.63, 3.8) is 0 Å². The zero-order chi connectivity index (χ0) is 24.9. The first-order valence-corrected chi connectivity index (χ1v) is 12.5. The van der Waals surface area contributed by atoms with E-state index in [0.29, 0.717) is 5.56 Å². The Hall–Kier alpha value is -3.91. The number of primary amides is 1. The van der Waals surface area contributed by atoms with Crippen molar-refractivity contribution in [1.29, 1.82) is 0 Å². The van der Waals surface area contributed by atoms with Crippen LogP contribution < -0.4 is 5.73 Å². The van der Waals surface area contributed by atoms with Crippen molar-refractivity contribution < 1.29 is 4.79 Å². The van der Waals surface area contributed by atoms with E-state index in [1.807, 2.05) is 19.1 Å². The molecule has 0 bridgehead atoms. The molecule has 2 N–H and O–H groups in total. The second-order valence-corrected chi connectivity index (χ2v) is 9.47. The molecule has 1 aliphatic rings. The zero-order valence-corrected chi connectivity index (χ0v) is 20.7. The molecule has 1 unspecified atom stereocenters. The molecule has 4 aromatic carbocycles. The fourth-order valence-corrected chi connectivity index (χ4v) is 4.89. The summed E-state index contributed by atoms with van der Waals surface area (Å²) in [4.78, 5) is 16.6. The van der Waals surface area contributed by atoms with Gasteiger partial charge in [0.15, 0.2) is 0 Å². The van der Waals surface area contributed by atoms with Gasteiger partial charge in [-0.2, -0.15) is 0 Å². The van der Waals surface area contributed by atoms with Crippen LogP contribution in [0.25, 0.3) is 10.8 Å². The molecule has 5 rings (SSSR count). The van der Waals surface area contributed by atoms with Gasteiger partial charge >= 0.3 is 0 Å². The minimum Gasteiger partial charge on any atom is -0.366 e. The summed E-state index contributed by atoms with van der Waals surface area (Å²) in [5.74, 6) is 6.58. The summed E-state index contributed by atoms with van der Waals surface area (Å²) in [6, 6.07) is 31.3. The van der Waals surface area contributed by atoms with E-state index < -0.39 is 5.91 Å². The molecule has 0 saturated carbocycles. The van der Waals surface area contributed by atoms with Crippen LogP contribution in [0.4, 0.5) is 0 Å². The predicted octanol–water partition coefficient (Wildman–Crippen LogP) is 5.16. The van der Waals surface area contributed by atoms with E-state index in [9.17, 15) is 4.79 Å². The largest absolute Gasteiger partial charge is 0.366 e. The van der Waals surface area contributed by atoms with Crippen molar-refractivity contribution in [2.45, 2.75) is 19.5 Å². The molecule has 180 valence electrons. The Morgan fingerprint density at radius 2 is 1.58 bits per heavy atom. The summed E-state index contributed by atoms with van der Waals surface area (Å²) in [6.45, 7) is 6.88. The van der Waals surface area contributed by atoms with Crippen LogP contribution in [0.5, 0.6) is 0 Å². The number of amides is 1. The van der Waals surface area contributed by atoms with Gasteiger partial charge in [-0.05, 0) is 58.7 Å². The molecule has 1 amide bonds. The van der Waals surface area contributed by atoms with Gasteiger partial charge in [0, 0.05) is 43.9 Å². The van der Waals surface area contributed by atoms with Crippen molar-refractivity contribution in [1.82, 2.24) is 9.80 Å². The molecular formula is C32H31N3O. The average Bonchev–Trinajstić information content (AvgIpc) is 2.91. The summed E-state index contributed by atoms with van der Waals surface area (Å²) < 4.78 is 0. The van der Waals surface area contributed by atoms with Crippen molar-refractivity contribution >= 4 is 16.7 Å². The van der Waals surface area contributed by atoms with Crippen LogP contribution in [0.2, 0.25) is 0 Å². The lowest BCUT2D eigenvalue weighted by Gasteiger charge is -2.37. The minimum absolute atomic E-state index is 0.0105. The van der Waals surface area contributed by atoms with Crippen LogP contribution in [-0.2, 0) is 6.54 Å².